The number of rotatable bonds is 5. The van der Waals surface area contributed by atoms with Gasteiger partial charge < -0.3 is 4.74 Å². The third-order valence-electron chi connectivity index (χ3n) is 5.28. The summed E-state index contributed by atoms with van der Waals surface area (Å²) in [6.45, 7) is 1.82. The van der Waals surface area contributed by atoms with Gasteiger partial charge in [0.15, 0.2) is 12.4 Å². The van der Waals surface area contributed by atoms with Crippen molar-refractivity contribution in [3.63, 3.8) is 0 Å². The molecule has 0 radical (unpaired) electrons. The van der Waals surface area contributed by atoms with Gasteiger partial charge in [0.2, 0.25) is 10.0 Å². The first-order chi connectivity index (χ1) is 14.7. The molecule has 160 valence electrons. The van der Waals surface area contributed by atoms with Gasteiger partial charge in [0, 0.05) is 23.2 Å². The SMILES string of the molecule is Cc1cc(C(=O)OCC(=O)c2ccc3c(c2)CCCN3S(C)(=O)=O)c2ccccc2n1. The number of hydrogen-bond acceptors (Lipinski definition) is 6. The van der Waals surface area contributed by atoms with E-state index in [4.69, 9.17) is 4.74 Å². The van der Waals surface area contributed by atoms with Crippen molar-refractivity contribution in [2.75, 3.05) is 23.7 Å². The van der Waals surface area contributed by atoms with Crippen LogP contribution in [0.25, 0.3) is 10.9 Å². The molecule has 2 aromatic carbocycles. The van der Waals surface area contributed by atoms with E-state index < -0.39 is 22.6 Å². The van der Waals surface area contributed by atoms with E-state index in [0.717, 1.165) is 5.56 Å². The monoisotopic (exact) mass is 438 g/mol. The Kier molecular flexibility index (Phi) is 5.49. The topological polar surface area (TPSA) is 93.6 Å². The second-order valence-corrected chi connectivity index (χ2v) is 9.52. The summed E-state index contributed by atoms with van der Waals surface area (Å²) in [4.78, 5) is 29.7. The van der Waals surface area contributed by atoms with Crippen LogP contribution in [0.3, 0.4) is 0 Å². The summed E-state index contributed by atoms with van der Waals surface area (Å²) in [7, 11) is -3.37. The summed E-state index contributed by atoms with van der Waals surface area (Å²) < 4.78 is 30.7. The first-order valence-corrected chi connectivity index (χ1v) is 11.8. The van der Waals surface area contributed by atoms with Crippen molar-refractivity contribution in [3.05, 3.63) is 70.9 Å². The summed E-state index contributed by atoms with van der Waals surface area (Å²) >= 11 is 0. The number of para-hydroxylation sites is 1. The molecule has 7 nitrogen and oxygen atoms in total. The summed E-state index contributed by atoms with van der Waals surface area (Å²) in [5, 5.41) is 0.667. The Labute approximate surface area is 180 Å². The fraction of sp³-hybridized carbons (Fsp3) is 0.261. The predicted molar refractivity (Wildman–Crippen MR) is 118 cm³/mol. The third kappa shape index (κ3) is 4.29. The highest BCUT2D eigenvalue weighted by molar-refractivity contribution is 7.92. The van der Waals surface area contributed by atoms with E-state index in [9.17, 15) is 18.0 Å². The van der Waals surface area contributed by atoms with Gasteiger partial charge in [0.05, 0.1) is 23.0 Å². The summed E-state index contributed by atoms with van der Waals surface area (Å²) in [6.07, 6.45) is 2.54. The summed E-state index contributed by atoms with van der Waals surface area (Å²) in [5.41, 5.74) is 3.52. The number of anilines is 1. The molecule has 1 aliphatic heterocycles. The van der Waals surface area contributed by atoms with Crippen LogP contribution in [0.1, 0.15) is 38.4 Å². The van der Waals surface area contributed by atoms with Crippen LogP contribution < -0.4 is 4.31 Å². The van der Waals surface area contributed by atoms with Crippen molar-refractivity contribution >= 4 is 38.4 Å². The lowest BCUT2D eigenvalue weighted by molar-refractivity contribution is 0.0476. The zero-order valence-corrected chi connectivity index (χ0v) is 18.1. The van der Waals surface area contributed by atoms with Crippen LogP contribution in [-0.2, 0) is 21.2 Å². The Balaban J connectivity index is 1.52. The first kappa shape index (κ1) is 21.0. The molecule has 0 N–H and O–H groups in total. The van der Waals surface area contributed by atoms with Crippen LogP contribution >= 0.6 is 0 Å². The molecular formula is C23H22N2O5S. The molecule has 0 unspecified atom stereocenters. The molecule has 2 heterocycles. The highest BCUT2D eigenvalue weighted by Gasteiger charge is 2.25. The van der Waals surface area contributed by atoms with Gasteiger partial charge in [-0.2, -0.15) is 0 Å². The summed E-state index contributed by atoms with van der Waals surface area (Å²) in [5.74, 6) is -0.932. The fourth-order valence-electron chi connectivity index (χ4n) is 3.85. The standard InChI is InChI=1S/C23H22N2O5S/c1-15-12-19(18-7-3-4-8-20(18)24-15)23(27)30-14-22(26)17-9-10-21-16(13-17)6-5-11-25(21)31(2,28)29/h3-4,7-10,12-13H,5-6,11,14H2,1-2H3. The van der Waals surface area contributed by atoms with Crippen LogP contribution in [0.2, 0.25) is 0 Å². The van der Waals surface area contributed by atoms with E-state index in [2.05, 4.69) is 4.98 Å². The van der Waals surface area contributed by atoms with Crippen LogP contribution in [-0.4, -0.2) is 44.6 Å². The Morgan fingerprint density at radius 3 is 2.68 bits per heavy atom. The molecule has 4 rings (SSSR count). The summed E-state index contributed by atoms with van der Waals surface area (Å²) in [6, 6.07) is 13.8. The fourth-order valence-corrected chi connectivity index (χ4v) is 4.85. The van der Waals surface area contributed by atoms with Crippen molar-refractivity contribution < 1.29 is 22.7 Å². The number of Topliss-reactive ketones (excluding diaryl/α,β-unsaturated/α-hetero) is 1. The number of hydrogen-bond donors (Lipinski definition) is 0. The smallest absolute Gasteiger partial charge is 0.339 e. The molecular weight excluding hydrogens is 416 g/mol. The quantitative estimate of drug-likeness (QED) is 0.448. The van der Waals surface area contributed by atoms with Crippen LogP contribution in [0.4, 0.5) is 5.69 Å². The van der Waals surface area contributed by atoms with E-state index >= 15 is 0 Å². The second-order valence-electron chi connectivity index (χ2n) is 7.61. The van der Waals surface area contributed by atoms with Crippen molar-refractivity contribution in [3.8, 4) is 0 Å². The zero-order valence-electron chi connectivity index (χ0n) is 17.3. The number of nitrogens with zero attached hydrogens (tertiary/aromatic N) is 2. The maximum Gasteiger partial charge on any atom is 0.339 e. The van der Waals surface area contributed by atoms with Gasteiger partial charge in [-0.05, 0) is 55.7 Å². The van der Waals surface area contributed by atoms with E-state index in [1.54, 1.807) is 37.3 Å². The molecule has 0 fully saturated rings. The Hall–Kier alpha value is -3.26. The largest absolute Gasteiger partial charge is 0.454 e. The molecule has 0 aliphatic carbocycles. The maximum atomic E-state index is 12.7. The van der Waals surface area contributed by atoms with Crippen molar-refractivity contribution in [2.45, 2.75) is 19.8 Å². The lowest BCUT2D eigenvalue weighted by Crippen LogP contribution is -2.34. The number of esters is 1. The van der Waals surface area contributed by atoms with E-state index in [0.29, 0.717) is 52.8 Å². The molecule has 8 heteroatoms. The number of sulfonamides is 1. The number of benzene rings is 2. The zero-order chi connectivity index (χ0) is 22.2. The van der Waals surface area contributed by atoms with Crippen LogP contribution in [0.5, 0.6) is 0 Å². The first-order valence-electron chi connectivity index (χ1n) is 9.91. The Morgan fingerprint density at radius 1 is 1.13 bits per heavy atom. The molecule has 0 atom stereocenters. The molecule has 0 spiro atoms. The average Bonchev–Trinajstić information content (AvgIpc) is 2.75. The predicted octanol–water partition coefficient (Wildman–Crippen LogP) is 3.30. The van der Waals surface area contributed by atoms with E-state index in [1.807, 2.05) is 18.2 Å². The minimum atomic E-state index is -3.37. The lowest BCUT2D eigenvalue weighted by Gasteiger charge is -2.29. The molecule has 0 saturated carbocycles. The maximum absolute atomic E-state index is 12.7. The molecule has 1 aliphatic rings. The number of aromatic nitrogens is 1. The van der Waals surface area contributed by atoms with Gasteiger partial charge in [-0.1, -0.05) is 18.2 Å². The second kappa shape index (κ2) is 8.11. The number of carbonyl (C=O) groups excluding carboxylic acids is 2. The van der Waals surface area contributed by atoms with Gasteiger partial charge in [-0.15, -0.1) is 0 Å². The lowest BCUT2D eigenvalue weighted by atomic mass is 9.99. The number of aryl methyl sites for hydroxylation is 2. The van der Waals surface area contributed by atoms with Gasteiger partial charge in [0.25, 0.3) is 0 Å². The van der Waals surface area contributed by atoms with Crippen LogP contribution in [0, 0.1) is 6.92 Å². The molecule has 0 saturated heterocycles. The van der Waals surface area contributed by atoms with Crippen molar-refractivity contribution in [2.24, 2.45) is 0 Å². The number of ether oxygens (including phenoxy) is 1. The van der Waals surface area contributed by atoms with Crippen molar-refractivity contribution in [1.82, 2.24) is 4.98 Å². The molecule has 0 amide bonds. The highest BCUT2D eigenvalue weighted by atomic mass is 32.2. The highest BCUT2D eigenvalue weighted by Crippen LogP contribution is 2.30. The molecule has 1 aromatic heterocycles. The molecule has 31 heavy (non-hydrogen) atoms. The number of ketones is 1. The third-order valence-corrected chi connectivity index (χ3v) is 6.46. The van der Waals surface area contributed by atoms with Gasteiger partial charge in [0.1, 0.15) is 0 Å². The van der Waals surface area contributed by atoms with Crippen LogP contribution in [0.15, 0.2) is 48.5 Å². The average molecular weight is 439 g/mol. The molecule has 0 bridgehead atoms. The van der Waals surface area contributed by atoms with E-state index in [1.165, 1.54) is 10.6 Å². The van der Waals surface area contributed by atoms with Gasteiger partial charge >= 0.3 is 5.97 Å². The van der Waals surface area contributed by atoms with Gasteiger partial charge in [-0.25, -0.2) is 13.2 Å². The normalized spacial score (nSPS) is 13.7. The minimum absolute atomic E-state index is 0.345. The molecule has 3 aromatic rings. The minimum Gasteiger partial charge on any atom is -0.454 e. The number of fused-ring (bicyclic) bond motifs is 2. The number of pyridine rings is 1. The van der Waals surface area contributed by atoms with Crippen molar-refractivity contribution in [1.29, 1.82) is 0 Å². The Bertz CT molecular complexity index is 1300. The number of carbonyl (C=O) groups is 2. The Morgan fingerprint density at radius 2 is 1.90 bits per heavy atom. The van der Waals surface area contributed by atoms with E-state index in [-0.39, 0.29) is 5.78 Å². The van der Waals surface area contributed by atoms with Gasteiger partial charge in [-0.3, -0.25) is 14.1 Å².